The van der Waals surface area contributed by atoms with Crippen LogP contribution in [-0.2, 0) is 4.74 Å². The van der Waals surface area contributed by atoms with E-state index in [-0.39, 0.29) is 12.6 Å². The molecule has 4 N–H and O–H groups in total. The molecule has 138 valence electrons. The number of likely N-dealkylation sites (tertiary alicyclic amines) is 1. The van der Waals surface area contributed by atoms with Crippen molar-refractivity contribution in [3.05, 3.63) is 0 Å². The van der Waals surface area contributed by atoms with Crippen LogP contribution in [0.3, 0.4) is 0 Å². The second kappa shape index (κ2) is 12.2. The van der Waals surface area contributed by atoms with Gasteiger partial charge in [0.25, 0.3) is 0 Å². The van der Waals surface area contributed by atoms with Crippen molar-refractivity contribution in [1.29, 1.82) is 0 Å². The summed E-state index contributed by atoms with van der Waals surface area (Å²) in [4.78, 5) is 2.01. The van der Waals surface area contributed by atoms with E-state index < -0.39 is 18.3 Å². The molecule has 23 heavy (non-hydrogen) atoms. The van der Waals surface area contributed by atoms with E-state index in [9.17, 15) is 15.3 Å². The summed E-state index contributed by atoms with van der Waals surface area (Å²) in [7, 11) is 1.73. The van der Waals surface area contributed by atoms with Crippen LogP contribution < -0.4 is 0 Å². The van der Waals surface area contributed by atoms with Gasteiger partial charge in [-0.15, -0.1) is 0 Å². The largest absolute Gasteiger partial charge is 0.396 e. The highest BCUT2D eigenvalue weighted by molar-refractivity contribution is 4.94. The molecule has 1 heterocycles. The number of hydrogen-bond donors (Lipinski definition) is 4. The second-order valence-electron chi connectivity index (χ2n) is 6.59. The fourth-order valence-electron chi connectivity index (χ4n) is 3.34. The molecular weight excluding hydrogens is 298 g/mol. The maximum atomic E-state index is 10.1. The lowest BCUT2D eigenvalue weighted by molar-refractivity contribution is -0.140. The van der Waals surface area contributed by atoms with Crippen LogP contribution in [0.25, 0.3) is 0 Å². The molecule has 0 saturated carbocycles. The monoisotopic (exact) mass is 333 g/mol. The first-order valence-corrected chi connectivity index (χ1v) is 8.99. The maximum Gasteiger partial charge on any atom is 0.108 e. The molecule has 1 aliphatic heterocycles. The van der Waals surface area contributed by atoms with E-state index in [1.165, 1.54) is 25.7 Å². The molecule has 0 aromatic carbocycles. The lowest BCUT2D eigenvalue weighted by Gasteiger charge is -2.43. The SMILES string of the molecule is COCCCCCCCCCN1C[C@H](O)[C@@H](O)[C@H](O)[C@H]1CCO. The normalized spacial score (nSPS) is 29.1. The zero-order valence-electron chi connectivity index (χ0n) is 14.4. The predicted molar refractivity (Wildman–Crippen MR) is 89.3 cm³/mol. The molecule has 0 unspecified atom stereocenters. The Bertz CT molecular complexity index is 292. The van der Waals surface area contributed by atoms with Crippen molar-refractivity contribution < 1.29 is 25.2 Å². The fraction of sp³-hybridized carbons (Fsp3) is 1.00. The van der Waals surface area contributed by atoms with Crippen molar-refractivity contribution in [3.63, 3.8) is 0 Å². The van der Waals surface area contributed by atoms with Crippen LogP contribution in [0.15, 0.2) is 0 Å². The summed E-state index contributed by atoms with van der Waals surface area (Å²) in [5.41, 5.74) is 0. The molecule has 0 aromatic rings. The number of aliphatic hydroxyl groups is 4. The molecule has 1 fully saturated rings. The van der Waals surface area contributed by atoms with Crippen molar-refractivity contribution in [2.24, 2.45) is 0 Å². The first kappa shape index (κ1) is 20.8. The minimum atomic E-state index is -1.12. The van der Waals surface area contributed by atoms with Gasteiger partial charge in [-0.05, 0) is 25.8 Å². The van der Waals surface area contributed by atoms with Crippen LogP contribution in [0.5, 0.6) is 0 Å². The molecule has 0 amide bonds. The Morgan fingerprint density at radius 1 is 0.913 bits per heavy atom. The molecule has 1 aliphatic rings. The average molecular weight is 333 g/mol. The fourth-order valence-corrected chi connectivity index (χ4v) is 3.34. The number of aliphatic hydroxyl groups excluding tert-OH is 4. The summed E-state index contributed by atoms with van der Waals surface area (Å²) in [5.74, 6) is 0. The highest BCUT2D eigenvalue weighted by Crippen LogP contribution is 2.22. The molecule has 6 heteroatoms. The highest BCUT2D eigenvalue weighted by Gasteiger charge is 2.40. The van der Waals surface area contributed by atoms with Gasteiger partial charge in [0.05, 0.1) is 12.2 Å². The summed E-state index contributed by atoms with van der Waals surface area (Å²) >= 11 is 0. The van der Waals surface area contributed by atoms with Crippen molar-refractivity contribution in [1.82, 2.24) is 4.90 Å². The van der Waals surface area contributed by atoms with Crippen LogP contribution in [0, 0.1) is 0 Å². The van der Waals surface area contributed by atoms with E-state index in [4.69, 9.17) is 9.84 Å². The van der Waals surface area contributed by atoms with Gasteiger partial charge < -0.3 is 25.2 Å². The summed E-state index contributed by atoms with van der Waals surface area (Å²) in [5, 5.41) is 38.8. The number of methoxy groups -OCH3 is 1. The van der Waals surface area contributed by atoms with Crippen molar-refractivity contribution in [2.75, 3.05) is 33.4 Å². The van der Waals surface area contributed by atoms with E-state index in [1.54, 1.807) is 7.11 Å². The second-order valence-corrected chi connectivity index (χ2v) is 6.59. The van der Waals surface area contributed by atoms with E-state index in [1.807, 2.05) is 4.90 Å². The molecule has 6 nitrogen and oxygen atoms in total. The predicted octanol–water partition coefficient (Wildman–Crippen LogP) is 0.513. The van der Waals surface area contributed by atoms with Crippen LogP contribution >= 0.6 is 0 Å². The minimum Gasteiger partial charge on any atom is -0.396 e. The van der Waals surface area contributed by atoms with Gasteiger partial charge in [-0.3, -0.25) is 4.90 Å². The lowest BCUT2D eigenvalue weighted by Crippen LogP contribution is -2.61. The molecule has 0 radical (unpaired) electrons. The van der Waals surface area contributed by atoms with Gasteiger partial charge in [0.1, 0.15) is 6.10 Å². The number of nitrogens with zero attached hydrogens (tertiary/aromatic N) is 1. The molecule has 0 aliphatic carbocycles. The van der Waals surface area contributed by atoms with Gasteiger partial charge in [0.15, 0.2) is 0 Å². The highest BCUT2D eigenvalue weighted by atomic mass is 16.5. The van der Waals surface area contributed by atoms with Crippen molar-refractivity contribution in [3.8, 4) is 0 Å². The molecule has 4 atom stereocenters. The number of hydrogen-bond acceptors (Lipinski definition) is 6. The number of β-amino-alcohol motifs (C(OH)–C–C–N with tert-alkyl or cyclic N) is 1. The molecule has 1 rings (SSSR count). The molecule has 1 saturated heterocycles. The van der Waals surface area contributed by atoms with Crippen LogP contribution in [0.2, 0.25) is 0 Å². The van der Waals surface area contributed by atoms with Gasteiger partial charge in [-0.2, -0.15) is 0 Å². The number of ether oxygens (including phenoxy) is 1. The lowest BCUT2D eigenvalue weighted by atomic mass is 9.91. The first-order valence-electron chi connectivity index (χ1n) is 8.99. The van der Waals surface area contributed by atoms with Crippen LogP contribution in [-0.4, -0.2) is 83.1 Å². The Kier molecular flexibility index (Phi) is 11.0. The average Bonchev–Trinajstić information content (AvgIpc) is 2.54. The number of unbranched alkanes of at least 4 members (excludes halogenated alkanes) is 6. The maximum absolute atomic E-state index is 10.1. The topological polar surface area (TPSA) is 93.4 Å². The van der Waals surface area contributed by atoms with E-state index >= 15 is 0 Å². The van der Waals surface area contributed by atoms with E-state index in [0.29, 0.717) is 13.0 Å². The standard InChI is InChI=1S/C17H35NO5/c1-23-12-8-6-4-2-3-5-7-10-18-13-15(20)17(22)16(21)14(18)9-11-19/h14-17,19-22H,2-13H2,1H3/t14-,15+,16-,17-/m1/s1. The molecule has 0 spiro atoms. The summed E-state index contributed by atoms with van der Waals surface area (Å²) in [6.45, 7) is 1.97. The third-order valence-corrected chi connectivity index (χ3v) is 4.75. The zero-order chi connectivity index (χ0) is 17.1. The van der Waals surface area contributed by atoms with Gasteiger partial charge in [0.2, 0.25) is 0 Å². The molecular formula is C17H35NO5. The zero-order valence-corrected chi connectivity index (χ0v) is 14.4. The van der Waals surface area contributed by atoms with Crippen molar-refractivity contribution >= 4 is 0 Å². The quantitative estimate of drug-likeness (QED) is 0.389. The van der Waals surface area contributed by atoms with E-state index in [0.717, 1.165) is 32.4 Å². The smallest absolute Gasteiger partial charge is 0.108 e. The third kappa shape index (κ3) is 7.45. The van der Waals surface area contributed by atoms with Gasteiger partial charge in [-0.1, -0.05) is 32.1 Å². The van der Waals surface area contributed by atoms with Gasteiger partial charge in [-0.25, -0.2) is 0 Å². The van der Waals surface area contributed by atoms with Gasteiger partial charge >= 0.3 is 0 Å². The summed E-state index contributed by atoms with van der Waals surface area (Å²) in [6.07, 6.45) is 5.54. The third-order valence-electron chi connectivity index (χ3n) is 4.75. The number of piperidine rings is 1. The van der Waals surface area contributed by atoms with Gasteiger partial charge in [0, 0.05) is 32.9 Å². The molecule has 0 aromatic heterocycles. The van der Waals surface area contributed by atoms with Crippen LogP contribution in [0.1, 0.15) is 51.4 Å². The minimum absolute atomic E-state index is 0.0253. The number of rotatable bonds is 12. The van der Waals surface area contributed by atoms with E-state index in [2.05, 4.69) is 0 Å². The summed E-state index contributed by atoms with van der Waals surface area (Å²) < 4.78 is 5.03. The Morgan fingerprint density at radius 3 is 2.13 bits per heavy atom. The Hall–Kier alpha value is -0.240. The Labute approximate surface area is 140 Å². The Morgan fingerprint density at radius 2 is 1.52 bits per heavy atom. The summed E-state index contributed by atoms with van der Waals surface area (Å²) in [6, 6.07) is -0.271. The van der Waals surface area contributed by atoms with Crippen molar-refractivity contribution in [2.45, 2.75) is 75.7 Å². The van der Waals surface area contributed by atoms with Crippen LogP contribution in [0.4, 0.5) is 0 Å². The Balaban J connectivity index is 2.18. The molecule has 0 bridgehead atoms. The first-order chi connectivity index (χ1) is 11.1.